The minimum Gasteiger partial charge on any atom is -0.395 e. The number of nitrogens with one attached hydrogen (secondary N) is 1. The SMILES string of the molecule is C[C@@H](CO)NC1C2CCOC2C12CCC2. The molecule has 1 heterocycles. The molecule has 3 unspecified atom stereocenters. The van der Waals surface area contributed by atoms with Crippen molar-refractivity contribution in [1.29, 1.82) is 0 Å². The van der Waals surface area contributed by atoms with Gasteiger partial charge in [-0.1, -0.05) is 6.42 Å². The largest absolute Gasteiger partial charge is 0.395 e. The van der Waals surface area contributed by atoms with Crippen molar-refractivity contribution in [2.45, 2.75) is 50.8 Å². The Labute approximate surface area is 91.2 Å². The topological polar surface area (TPSA) is 41.5 Å². The molecule has 0 aromatic rings. The van der Waals surface area contributed by atoms with Crippen LogP contribution in [-0.4, -0.2) is 36.5 Å². The molecule has 3 heteroatoms. The van der Waals surface area contributed by atoms with E-state index < -0.39 is 0 Å². The van der Waals surface area contributed by atoms with Gasteiger partial charge >= 0.3 is 0 Å². The summed E-state index contributed by atoms with van der Waals surface area (Å²) in [6.07, 6.45) is 5.75. The highest BCUT2D eigenvalue weighted by Gasteiger charge is 2.66. The van der Waals surface area contributed by atoms with Crippen LogP contribution in [0.25, 0.3) is 0 Å². The van der Waals surface area contributed by atoms with Gasteiger partial charge in [-0.25, -0.2) is 0 Å². The van der Waals surface area contributed by atoms with E-state index in [0.717, 1.165) is 12.5 Å². The molecule has 0 aromatic carbocycles. The summed E-state index contributed by atoms with van der Waals surface area (Å²) in [7, 11) is 0. The number of ether oxygens (including phenoxy) is 1. The van der Waals surface area contributed by atoms with Crippen LogP contribution in [0.1, 0.15) is 32.6 Å². The molecule has 3 fully saturated rings. The lowest BCUT2D eigenvalue weighted by Crippen LogP contribution is -2.72. The normalized spacial score (nSPS) is 43.2. The summed E-state index contributed by atoms with van der Waals surface area (Å²) in [5, 5.41) is 12.7. The summed E-state index contributed by atoms with van der Waals surface area (Å²) in [4.78, 5) is 0. The van der Waals surface area contributed by atoms with Gasteiger partial charge in [0.2, 0.25) is 0 Å². The van der Waals surface area contributed by atoms with Crippen LogP contribution >= 0.6 is 0 Å². The van der Waals surface area contributed by atoms with Crippen LogP contribution in [0.4, 0.5) is 0 Å². The summed E-state index contributed by atoms with van der Waals surface area (Å²) < 4.78 is 5.85. The van der Waals surface area contributed by atoms with E-state index in [1.807, 2.05) is 0 Å². The summed E-state index contributed by atoms with van der Waals surface area (Å²) in [5.74, 6) is 0.722. The minimum atomic E-state index is 0.231. The van der Waals surface area contributed by atoms with E-state index in [9.17, 15) is 0 Å². The molecule has 0 amide bonds. The van der Waals surface area contributed by atoms with E-state index in [4.69, 9.17) is 9.84 Å². The van der Waals surface area contributed by atoms with Crippen molar-refractivity contribution in [2.24, 2.45) is 11.3 Å². The lowest BCUT2D eigenvalue weighted by Gasteiger charge is -2.64. The number of fused-ring (bicyclic) bond motifs is 2. The summed E-state index contributed by atoms with van der Waals surface area (Å²) in [6, 6.07) is 0.843. The first kappa shape index (κ1) is 10.1. The van der Waals surface area contributed by atoms with Crippen LogP contribution in [0.15, 0.2) is 0 Å². The number of aliphatic hydroxyl groups excluding tert-OH is 1. The third-order valence-electron chi connectivity index (χ3n) is 4.77. The Balaban J connectivity index is 1.70. The first-order valence-corrected chi connectivity index (χ1v) is 6.26. The van der Waals surface area contributed by atoms with E-state index in [1.165, 1.54) is 25.7 Å². The van der Waals surface area contributed by atoms with E-state index in [2.05, 4.69) is 12.2 Å². The Morgan fingerprint density at radius 3 is 2.93 bits per heavy atom. The Morgan fingerprint density at radius 1 is 1.53 bits per heavy atom. The second-order valence-corrected chi connectivity index (χ2v) is 5.56. The first-order chi connectivity index (χ1) is 7.28. The lowest BCUT2D eigenvalue weighted by molar-refractivity contribution is -0.178. The van der Waals surface area contributed by atoms with Gasteiger partial charge in [-0.2, -0.15) is 0 Å². The van der Waals surface area contributed by atoms with Crippen LogP contribution in [0, 0.1) is 11.3 Å². The summed E-state index contributed by atoms with van der Waals surface area (Å²) >= 11 is 0. The Morgan fingerprint density at radius 2 is 2.33 bits per heavy atom. The van der Waals surface area contributed by atoms with Gasteiger partial charge in [0.05, 0.1) is 12.7 Å². The molecule has 1 spiro atoms. The molecular formula is C12H21NO2. The fraction of sp³-hybridized carbons (Fsp3) is 1.00. The molecule has 4 atom stereocenters. The van der Waals surface area contributed by atoms with E-state index in [0.29, 0.717) is 17.6 Å². The zero-order valence-electron chi connectivity index (χ0n) is 9.41. The zero-order valence-corrected chi connectivity index (χ0v) is 9.41. The second kappa shape index (κ2) is 3.44. The van der Waals surface area contributed by atoms with E-state index in [1.54, 1.807) is 0 Å². The van der Waals surface area contributed by atoms with Crippen LogP contribution in [-0.2, 0) is 4.74 Å². The average Bonchev–Trinajstić information content (AvgIpc) is 2.57. The van der Waals surface area contributed by atoms with Gasteiger partial charge in [0.15, 0.2) is 0 Å². The van der Waals surface area contributed by atoms with Gasteiger partial charge in [-0.3, -0.25) is 0 Å². The van der Waals surface area contributed by atoms with Gasteiger partial charge in [-0.05, 0) is 26.2 Å². The predicted octanol–water partition coefficient (Wildman–Crippen LogP) is 0.914. The smallest absolute Gasteiger partial charge is 0.0690 e. The molecule has 0 radical (unpaired) electrons. The van der Waals surface area contributed by atoms with Crippen LogP contribution in [0.3, 0.4) is 0 Å². The number of rotatable bonds is 3. The molecule has 86 valence electrons. The third kappa shape index (κ3) is 1.23. The van der Waals surface area contributed by atoms with Gasteiger partial charge in [-0.15, -0.1) is 0 Å². The van der Waals surface area contributed by atoms with E-state index >= 15 is 0 Å². The maximum Gasteiger partial charge on any atom is 0.0690 e. The van der Waals surface area contributed by atoms with Crippen molar-refractivity contribution in [1.82, 2.24) is 5.32 Å². The molecule has 3 rings (SSSR count). The Kier molecular flexibility index (Phi) is 2.31. The van der Waals surface area contributed by atoms with Crippen LogP contribution < -0.4 is 5.32 Å². The zero-order chi connectivity index (χ0) is 10.5. The van der Waals surface area contributed by atoms with Gasteiger partial charge in [0.25, 0.3) is 0 Å². The van der Waals surface area contributed by atoms with Crippen LogP contribution in [0.5, 0.6) is 0 Å². The summed E-state index contributed by atoms with van der Waals surface area (Å²) in [6.45, 7) is 3.25. The van der Waals surface area contributed by atoms with Gasteiger partial charge in [0.1, 0.15) is 0 Å². The highest BCUT2D eigenvalue weighted by Crippen LogP contribution is 2.62. The molecule has 1 aliphatic heterocycles. The molecule has 2 saturated carbocycles. The standard InChI is InChI=1S/C12H21NO2/c1-8(7-14)13-10-9-3-6-15-11(9)12(10)4-2-5-12/h8-11,13-14H,2-7H2,1H3/t8-,9?,10?,11?/m0/s1. The highest BCUT2D eigenvalue weighted by atomic mass is 16.5. The van der Waals surface area contributed by atoms with Crippen molar-refractivity contribution < 1.29 is 9.84 Å². The maximum atomic E-state index is 9.11. The van der Waals surface area contributed by atoms with E-state index in [-0.39, 0.29) is 12.6 Å². The molecule has 0 aromatic heterocycles. The third-order valence-corrected chi connectivity index (χ3v) is 4.77. The first-order valence-electron chi connectivity index (χ1n) is 6.26. The molecule has 15 heavy (non-hydrogen) atoms. The number of hydrogen-bond acceptors (Lipinski definition) is 3. The molecular weight excluding hydrogens is 190 g/mol. The second-order valence-electron chi connectivity index (χ2n) is 5.56. The highest BCUT2D eigenvalue weighted by molar-refractivity contribution is 5.18. The quantitative estimate of drug-likeness (QED) is 0.729. The molecule has 0 bridgehead atoms. The van der Waals surface area contributed by atoms with Crippen molar-refractivity contribution in [3.63, 3.8) is 0 Å². The monoisotopic (exact) mass is 211 g/mol. The van der Waals surface area contributed by atoms with Crippen molar-refractivity contribution in [2.75, 3.05) is 13.2 Å². The van der Waals surface area contributed by atoms with Gasteiger partial charge in [0, 0.05) is 30.0 Å². The fourth-order valence-corrected chi connectivity index (χ4v) is 3.85. The molecule has 2 aliphatic carbocycles. The average molecular weight is 211 g/mol. The lowest BCUT2D eigenvalue weighted by atomic mass is 9.46. The molecule has 3 aliphatic rings. The number of aliphatic hydroxyl groups is 1. The Hall–Kier alpha value is -0.120. The maximum absolute atomic E-state index is 9.11. The van der Waals surface area contributed by atoms with Crippen molar-refractivity contribution in [3.8, 4) is 0 Å². The fourth-order valence-electron chi connectivity index (χ4n) is 3.85. The van der Waals surface area contributed by atoms with Crippen molar-refractivity contribution >= 4 is 0 Å². The summed E-state index contributed by atoms with van der Waals surface area (Å²) in [5.41, 5.74) is 0.449. The molecule has 1 saturated heterocycles. The predicted molar refractivity (Wildman–Crippen MR) is 57.6 cm³/mol. The minimum absolute atomic E-state index is 0.231. The molecule has 2 N–H and O–H groups in total. The Bertz CT molecular complexity index is 252. The molecule has 3 nitrogen and oxygen atoms in total. The van der Waals surface area contributed by atoms with Crippen molar-refractivity contribution in [3.05, 3.63) is 0 Å². The van der Waals surface area contributed by atoms with Crippen LogP contribution in [0.2, 0.25) is 0 Å². The van der Waals surface area contributed by atoms with Gasteiger partial charge < -0.3 is 15.2 Å². The number of hydrogen-bond donors (Lipinski definition) is 2.